The van der Waals surface area contributed by atoms with Crippen LogP contribution in [0.5, 0.6) is 0 Å². The van der Waals surface area contributed by atoms with Crippen LogP contribution in [0.2, 0.25) is 5.02 Å². The molecule has 1 unspecified atom stereocenters. The van der Waals surface area contributed by atoms with E-state index in [1.54, 1.807) is 4.68 Å². The van der Waals surface area contributed by atoms with Gasteiger partial charge in [0.05, 0.1) is 30.8 Å². The summed E-state index contributed by atoms with van der Waals surface area (Å²) in [4.78, 5) is 16.9. The zero-order valence-electron chi connectivity index (χ0n) is 15.4. The van der Waals surface area contributed by atoms with Crippen LogP contribution in [-0.4, -0.2) is 60.1 Å². The summed E-state index contributed by atoms with van der Waals surface area (Å²) >= 11 is 6.19. The molecule has 2 amide bonds. The second-order valence-corrected chi connectivity index (χ2v) is 7.51. The van der Waals surface area contributed by atoms with Gasteiger partial charge < -0.3 is 19.9 Å². The van der Waals surface area contributed by atoms with Crippen molar-refractivity contribution in [2.75, 3.05) is 49.6 Å². The summed E-state index contributed by atoms with van der Waals surface area (Å²) in [5, 5.41) is 7.91. The predicted octanol–water partition coefficient (Wildman–Crippen LogP) is 2.93. The predicted molar refractivity (Wildman–Crippen MR) is 106 cm³/mol. The molecule has 3 heterocycles. The number of aryl methyl sites for hydroxylation is 1. The van der Waals surface area contributed by atoms with E-state index in [0.717, 1.165) is 37.4 Å². The number of nitrogens with zero attached hydrogens (tertiary/aromatic N) is 4. The molecule has 2 fully saturated rings. The summed E-state index contributed by atoms with van der Waals surface area (Å²) in [5.74, 6) is 0.336. The molecule has 0 bridgehead atoms. The van der Waals surface area contributed by atoms with E-state index in [4.69, 9.17) is 16.3 Å². The topological polar surface area (TPSA) is 62.6 Å². The summed E-state index contributed by atoms with van der Waals surface area (Å²) in [7, 11) is 1.91. The van der Waals surface area contributed by atoms with Crippen LogP contribution < -0.4 is 10.2 Å². The molecule has 8 heteroatoms. The number of rotatable bonds is 3. The second kappa shape index (κ2) is 7.78. The van der Waals surface area contributed by atoms with Gasteiger partial charge in [0.15, 0.2) is 0 Å². The van der Waals surface area contributed by atoms with Crippen molar-refractivity contribution in [1.29, 1.82) is 0 Å². The Kier molecular flexibility index (Phi) is 5.22. The van der Waals surface area contributed by atoms with Gasteiger partial charge in [-0.05, 0) is 30.2 Å². The minimum absolute atomic E-state index is 0.0850. The Morgan fingerprint density at radius 3 is 2.85 bits per heavy atom. The quantitative estimate of drug-likeness (QED) is 0.876. The van der Waals surface area contributed by atoms with E-state index in [-0.39, 0.29) is 6.03 Å². The molecule has 144 valence electrons. The molecule has 1 atom stereocenters. The van der Waals surface area contributed by atoms with Crippen molar-refractivity contribution in [2.45, 2.75) is 12.3 Å². The fraction of sp³-hybridized carbons (Fsp3) is 0.474. The molecule has 0 radical (unpaired) electrons. The van der Waals surface area contributed by atoms with Crippen LogP contribution in [-0.2, 0) is 11.8 Å². The van der Waals surface area contributed by atoms with Crippen LogP contribution in [0.25, 0.3) is 0 Å². The lowest BCUT2D eigenvalue weighted by Crippen LogP contribution is -2.38. The second-order valence-electron chi connectivity index (χ2n) is 7.07. The smallest absolute Gasteiger partial charge is 0.321 e. The van der Waals surface area contributed by atoms with Gasteiger partial charge in [-0.2, -0.15) is 5.10 Å². The van der Waals surface area contributed by atoms with Gasteiger partial charge in [0.2, 0.25) is 0 Å². The van der Waals surface area contributed by atoms with E-state index in [2.05, 4.69) is 15.3 Å². The summed E-state index contributed by atoms with van der Waals surface area (Å²) in [6, 6.07) is 5.55. The monoisotopic (exact) mass is 389 g/mol. The van der Waals surface area contributed by atoms with Crippen molar-refractivity contribution < 1.29 is 9.53 Å². The van der Waals surface area contributed by atoms with Crippen LogP contribution in [0.3, 0.4) is 0 Å². The fourth-order valence-corrected chi connectivity index (χ4v) is 3.92. The molecule has 0 saturated carbocycles. The summed E-state index contributed by atoms with van der Waals surface area (Å²) < 4.78 is 7.24. The standard InChI is InChI=1S/C19H24ClN5O2/c1-23-12-15(11-21-23)14-4-5-25(13-14)19(26)22-17-10-16(20)2-3-18(17)24-6-8-27-9-7-24/h2-3,10-12,14H,4-9,13H2,1H3,(H,22,26). The molecular formula is C19H24ClN5O2. The number of urea groups is 1. The van der Waals surface area contributed by atoms with Gasteiger partial charge in [0.25, 0.3) is 0 Å². The van der Waals surface area contributed by atoms with Crippen LogP contribution in [0, 0.1) is 0 Å². The van der Waals surface area contributed by atoms with Crippen molar-refractivity contribution in [3.8, 4) is 0 Å². The van der Waals surface area contributed by atoms with Gasteiger partial charge >= 0.3 is 6.03 Å². The zero-order chi connectivity index (χ0) is 18.8. The first-order chi connectivity index (χ1) is 13.1. The summed E-state index contributed by atoms with van der Waals surface area (Å²) in [6.07, 6.45) is 4.87. The molecule has 1 N–H and O–H groups in total. The number of aromatic nitrogens is 2. The lowest BCUT2D eigenvalue weighted by atomic mass is 10.0. The third kappa shape index (κ3) is 4.04. The van der Waals surface area contributed by atoms with Gasteiger partial charge in [-0.25, -0.2) is 4.79 Å². The molecule has 2 aliphatic rings. The molecule has 1 aromatic heterocycles. The molecule has 2 saturated heterocycles. The highest BCUT2D eigenvalue weighted by molar-refractivity contribution is 6.31. The maximum absolute atomic E-state index is 12.9. The Morgan fingerprint density at radius 2 is 2.11 bits per heavy atom. The van der Waals surface area contributed by atoms with Gasteiger partial charge in [-0.3, -0.25) is 4.68 Å². The normalized spacial score (nSPS) is 20.1. The number of anilines is 2. The summed E-state index contributed by atoms with van der Waals surface area (Å²) in [5.41, 5.74) is 2.92. The first kappa shape index (κ1) is 18.1. The van der Waals surface area contributed by atoms with Crippen LogP contribution in [0.15, 0.2) is 30.6 Å². The highest BCUT2D eigenvalue weighted by atomic mass is 35.5. The molecular weight excluding hydrogens is 366 g/mol. The Hall–Kier alpha value is -2.25. The van der Waals surface area contributed by atoms with E-state index in [1.165, 1.54) is 5.56 Å². The average Bonchev–Trinajstić information content (AvgIpc) is 3.31. The number of nitrogens with one attached hydrogen (secondary N) is 1. The van der Waals surface area contributed by atoms with Gasteiger partial charge in [-0.1, -0.05) is 11.6 Å². The maximum Gasteiger partial charge on any atom is 0.321 e. The molecule has 2 aliphatic heterocycles. The Balaban J connectivity index is 1.45. The highest BCUT2D eigenvalue weighted by Gasteiger charge is 2.29. The number of halogens is 1. The lowest BCUT2D eigenvalue weighted by molar-refractivity contribution is 0.123. The Bertz CT molecular complexity index is 818. The highest BCUT2D eigenvalue weighted by Crippen LogP contribution is 2.31. The number of hydrogen-bond donors (Lipinski definition) is 1. The number of benzene rings is 1. The number of hydrogen-bond acceptors (Lipinski definition) is 4. The molecule has 2 aromatic rings. The van der Waals surface area contributed by atoms with Gasteiger partial charge in [-0.15, -0.1) is 0 Å². The number of carbonyl (C=O) groups excluding carboxylic acids is 1. The van der Waals surface area contributed by atoms with Crippen LogP contribution >= 0.6 is 11.6 Å². The van der Waals surface area contributed by atoms with E-state index in [1.807, 2.05) is 42.5 Å². The van der Waals surface area contributed by atoms with E-state index in [9.17, 15) is 4.79 Å². The number of morpholine rings is 1. The zero-order valence-corrected chi connectivity index (χ0v) is 16.2. The Labute approximate surface area is 163 Å². The minimum Gasteiger partial charge on any atom is -0.378 e. The number of carbonyl (C=O) groups is 1. The van der Waals surface area contributed by atoms with E-state index >= 15 is 0 Å². The molecule has 4 rings (SSSR count). The third-order valence-electron chi connectivity index (χ3n) is 5.22. The van der Waals surface area contributed by atoms with Crippen molar-refractivity contribution in [3.05, 3.63) is 41.2 Å². The average molecular weight is 390 g/mol. The molecule has 0 spiro atoms. The number of amides is 2. The number of likely N-dealkylation sites (tertiary alicyclic amines) is 1. The van der Waals surface area contributed by atoms with E-state index < -0.39 is 0 Å². The van der Waals surface area contributed by atoms with Gasteiger partial charge in [0, 0.05) is 50.4 Å². The first-order valence-corrected chi connectivity index (χ1v) is 9.64. The van der Waals surface area contributed by atoms with Crippen molar-refractivity contribution in [3.63, 3.8) is 0 Å². The van der Waals surface area contributed by atoms with Crippen molar-refractivity contribution in [2.24, 2.45) is 7.05 Å². The molecule has 7 nitrogen and oxygen atoms in total. The molecule has 27 heavy (non-hydrogen) atoms. The first-order valence-electron chi connectivity index (χ1n) is 9.27. The minimum atomic E-state index is -0.0850. The third-order valence-corrected chi connectivity index (χ3v) is 5.46. The van der Waals surface area contributed by atoms with Crippen LogP contribution in [0.1, 0.15) is 17.9 Å². The Morgan fingerprint density at radius 1 is 1.30 bits per heavy atom. The van der Waals surface area contributed by atoms with Gasteiger partial charge in [0.1, 0.15) is 0 Å². The number of ether oxygens (including phenoxy) is 1. The van der Waals surface area contributed by atoms with Crippen molar-refractivity contribution >= 4 is 29.0 Å². The fourth-order valence-electron chi connectivity index (χ4n) is 3.75. The van der Waals surface area contributed by atoms with Crippen molar-refractivity contribution in [1.82, 2.24) is 14.7 Å². The van der Waals surface area contributed by atoms with E-state index in [0.29, 0.717) is 30.7 Å². The maximum atomic E-state index is 12.9. The van der Waals surface area contributed by atoms with Crippen LogP contribution in [0.4, 0.5) is 16.2 Å². The largest absolute Gasteiger partial charge is 0.378 e. The summed E-state index contributed by atoms with van der Waals surface area (Å²) in [6.45, 7) is 4.42. The molecule has 0 aliphatic carbocycles. The SMILES string of the molecule is Cn1cc(C2CCN(C(=O)Nc3cc(Cl)ccc3N3CCOCC3)C2)cn1. The molecule has 1 aromatic carbocycles. The lowest BCUT2D eigenvalue weighted by Gasteiger charge is -2.31.